The number of rotatable bonds is 11. The summed E-state index contributed by atoms with van der Waals surface area (Å²) in [5.41, 5.74) is 3.58. The molecule has 0 aliphatic rings. The molecule has 184 valence electrons. The maximum atomic E-state index is 13.8. The molecular weight excluding hydrogens is 479 g/mol. The van der Waals surface area contributed by atoms with Gasteiger partial charge in [0.25, 0.3) is 0 Å². The second-order valence-corrected chi connectivity index (χ2v) is 9.55. The Morgan fingerprint density at radius 1 is 0.914 bits per heavy atom. The van der Waals surface area contributed by atoms with Crippen molar-refractivity contribution in [3.63, 3.8) is 0 Å². The number of nitrogens with one attached hydrogen (secondary N) is 1. The number of hydrogen-bond acceptors (Lipinski definition) is 2. The summed E-state index contributed by atoms with van der Waals surface area (Å²) < 4.78 is 0. The molecule has 0 spiro atoms. The van der Waals surface area contributed by atoms with Gasteiger partial charge < -0.3 is 10.2 Å². The number of carbonyl (C=O) groups excluding carboxylic acids is 2. The molecule has 6 heteroatoms. The first-order chi connectivity index (χ1) is 16.9. The molecule has 0 aliphatic carbocycles. The Kier molecular flexibility index (Phi) is 10.2. The van der Waals surface area contributed by atoms with Crippen LogP contribution in [0.5, 0.6) is 0 Å². The van der Waals surface area contributed by atoms with Crippen molar-refractivity contribution in [2.45, 2.75) is 52.1 Å². The van der Waals surface area contributed by atoms with E-state index in [1.54, 1.807) is 23.1 Å². The van der Waals surface area contributed by atoms with Gasteiger partial charge in [-0.25, -0.2) is 0 Å². The number of nitrogens with zero attached hydrogens (tertiary/aromatic N) is 1. The normalized spacial score (nSPS) is 11.7. The number of halogens is 2. The van der Waals surface area contributed by atoms with Gasteiger partial charge in [-0.2, -0.15) is 0 Å². The van der Waals surface area contributed by atoms with E-state index in [0.717, 1.165) is 29.5 Å². The number of hydrogen-bond donors (Lipinski definition) is 1. The van der Waals surface area contributed by atoms with Crippen molar-refractivity contribution >= 4 is 35.0 Å². The average Bonchev–Trinajstić information content (AvgIpc) is 2.83. The Hall–Kier alpha value is -2.82. The summed E-state index contributed by atoms with van der Waals surface area (Å²) in [7, 11) is 0. The van der Waals surface area contributed by atoms with Crippen LogP contribution in [0.25, 0.3) is 0 Å². The SMILES string of the molecule is CCCCNC(=O)[C@@H](Cc1ccccc1)N(Cc1c(Cl)cccc1Cl)C(=O)Cc1cccc(C)c1. The Morgan fingerprint density at radius 2 is 1.57 bits per heavy atom. The van der Waals surface area contributed by atoms with Crippen LogP contribution in [0.1, 0.15) is 42.0 Å². The van der Waals surface area contributed by atoms with E-state index in [1.807, 2.05) is 61.5 Å². The highest BCUT2D eigenvalue weighted by Gasteiger charge is 2.31. The fourth-order valence-corrected chi connectivity index (χ4v) is 4.53. The minimum Gasteiger partial charge on any atom is -0.354 e. The van der Waals surface area contributed by atoms with Crippen LogP contribution in [0.4, 0.5) is 0 Å². The topological polar surface area (TPSA) is 49.4 Å². The lowest BCUT2D eigenvalue weighted by atomic mass is 10.0. The number of unbranched alkanes of at least 4 members (excludes halogenated alkanes) is 1. The van der Waals surface area contributed by atoms with Gasteiger partial charge in [0.2, 0.25) is 11.8 Å². The highest BCUT2D eigenvalue weighted by atomic mass is 35.5. The van der Waals surface area contributed by atoms with Crippen molar-refractivity contribution in [3.8, 4) is 0 Å². The van der Waals surface area contributed by atoms with Crippen molar-refractivity contribution in [1.82, 2.24) is 10.2 Å². The summed E-state index contributed by atoms with van der Waals surface area (Å²) in [6.45, 7) is 4.77. The van der Waals surface area contributed by atoms with Crippen LogP contribution in [0, 0.1) is 6.92 Å². The molecule has 1 N–H and O–H groups in total. The lowest BCUT2D eigenvalue weighted by Crippen LogP contribution is -2.51. The zero-order valence-corrected chi connectivity index (χ0v) is 21.8. The summed E-state index contributed by atoms with van der Waals surface area (Å²) in [5.74, 6) is -0.332. The van der Waals surface area contributed by atoms with Gasteiger partial charge in [-0.05, 0) is 36.6 Å². The summed E-state index contributed by atoms with van der Waals surface area (Å²) in [6, 6.07) is 22.2. The Labute approximate surface area is 218 Å². The van der Waals surface area contributed by atoms with Crippen molar-refractivity contribution in [1.29, 1.82) is 0 Å². The van der Waals surface area contributed by atoms with E-state index in [0.29, 0.717) is 28.6 Å². The number of amides is 2. The van der Waals surface area contributed by atoms with Gasteiger partial charge in [-0.15, -0.1) is 0 Å². The van der Waals surface area contributed by atoms with Gasteiger partial charge >= 0.3 is 0 Å². The zero-order valence-electron chi connectivity index (χ0n) is 20.3. The summed E-state index contributed by atoms with van der Waals surface area (Å²) in [6.07, 6.45) is 2.41. The first-order valence-electron chi connectivity index (χ1n) is 12.0. The van der Waals surface area contributed by atoms with Crippen LogP contribution in [0.15, 0.2) is 72.8 Å². The third-order valence-corrected chi connectivity index (χ3v) is 6.64. The molecule has 0 fully saturated rings. The van der Waals surface area contributed by atoms with Gasteiger partial charge in [0.1, 0.15) is 6.04 Å². The molecule has 3 aromatic carbocycles. The molecule has 0 bridgehead atoms. The Morgan fingerprint density at radius 3 is 2.23 bits per heavy atom. The van der Waals surface area contributed by atoms with E-state index in [9.17, 15) is 9.59 Å². The van der Waals surface area contributed by atoms with Crippen LogP contribution in [-0.2, 0) is 29.0 Å². The summed E-state index contributed by atoms with van der Waals surface area (Å²) in [4.78, 5) is 28.9. The molecule has 3 aromatic rings. The molecule has 0 radical (unpaired) electrons. The minimum atomic E-state index is -0.709. The lowest BCUT2D eigenvalue weighted by Gasteiger charge is -2.32. The highest BCUT2D eigenvalue weighted by Crippen LogP contribution is 2.27. The number of benzene rings is 3. The molecule has 0 aromatic heterocycles. The van der Waals surface area contributed by atoms with Gasteiger partial charge in [0, 0.05) is 35.1 Å². The fraction of sp³-hybridized carbons (Fsp3) is 0.310. The van der Waals surface area contributed by atoms with Crippen LogP contribution in [0.2, 0.25) is 10.0 Å². The zero-order chi connectivity index (χ0) is 25.2. The molecule has 3 rings (SSSR count). The largest absolute Gasteiger partial charge is 0.354 e. The molecule has 0 heterocycles. The molecule has 0 aliphatic heterocycles. The number of carbonyl (C=O) groups is 2. The molecule has 35 heavy (non-hydrogen) atoms. The fourth-order valence-electron chi connectivity index (χ4n) is 4.01. The van der Waals surface area contributed by atoms with E-state index in [4.69, 9.17) is 23.2 Å². The molecule has 2 amide bonds. The molecule has 0 unspecified atom stereocenters. The third kappa shape index (κ3) is 7.84. The first-order valence-corrected chi connectivity index (χ1v) is 12.7. The van der Waals surface area contributed by atoms with Gasteiger partial charge in [-0.1, -0.05) is 103 Å². The molecule has 0 saturated carbocycles. The standard InChI is InChI=1S/C29H32Cl2N2O2/c1-3-4-16-32-29(35)27(18-22-11-6-5-7-12-22)33(20-24-25(30)14-9-15-26(24)31)28(34)19-23-13-8-10-21(2)17-23/h5-15,17,27H,3-4,16,18-20H2,1-2H3,(H,32,35)/t27-/m1/s1. The maximum absolute atomic E-state index is 13.8. The van der Waals surface area contributed by atoms with Crippen LogP contribution in [-0.4, -0.2) is 29.3 Å². The summed E-state index contributed by atoms with van der Waals surface area (Å²) in [5, 5.41) is 3.96. The minimum absolute atomic E-state index is 0.141. The van der Waals surface area contributed by atoms with Gasteiger partial charge in [0.15, 0.2) is 0 Å². The Bertz CT molecular complexity index is 1110. The summed E-state index contributed by atoms with van der Waals surface area (Å²) >= 11 is 13.0. The monoisotopic (exact) mass is 510 g/mol. The predicted octanol–water partition coefficient (Wildman–Crippen LogP) is 6.40. The first kappa shape index (κ1) is 26.8. The quantitative estimate of drug-likeness (QED) is 0.303. The lowest BCUT2D eigenvalue weighted by molar-refractivity contribution is -0.140. The second-order valence-electron chi connectivity index (χ2n) is 8.74. The molecular formula is C29H32Cl2N2O2. The molecule has 1 atom stereocenters. The second kappa shape index (κ2) is 13.3. The average molecular weight is 511 g/mol. The predicted molar refractivity (Wildman–Crippen MR) is 144 cm³/mol. The van der Waals surface area contributed by atoms with Crippen molar-refractivity contribution in [3.05, 3.63) is 105 Å². The molecule has 4 nitrogen and oxygen atoms in total. The van der Waals surface area contributed by atoms with Gasteiger partial charge in [-0.3, -0.25) is 9.59 Å². The Balaban J connectivity index is 1.99. The van der Waals surface area contributed by atoms with E-state index in [2.05, 4.69) is 12.2 Å². The van der Waals surface area contributed by atoms with Gasteiger partial charge in [0.05, 0.1) is 6.42 Å². The van der Waals surface area contributed by atoms with Crippen molar-refractivity contribution in [2.75, 3.05) is 6.54 Å². The van der Waals surface area contributed by atoms with E-state index in [1.165, 1.54) is 0 Å². The van der Waals surface area contributed by atoms with Crippen LogP contribution < -0.4 is 5.32 Å². The van der Waals surface area contributed by atoms with E-state index >= 15 is 0 Å². The van der Waals surface area contributed by atoms with Crippen LogP contribution >= 0.6 is 23.2 Å². The van der Waals surface area contributed by atoms with E-state index in [-0.39, 0.29) is 24.8 Å². The van der Waals surface area contributed by atoms with Crippen molar-refractivity contribution in [2.24, 2.45) is 0 Å². The highest BCUT2D eigenvalue weighted by molar-refractivity contribution is 6.36. The van der Waals surface area contributed by atoms with E-state index < -0.39 is 6.04 Å². The number of aryl methyl sites for hydroxylation is 1. The third-order valence-electron chi connectivity index (χ3n) is 5.93. The maximum Gasteiger partial charge on any atom is 0.243 e. The van der Waals surface area contributed by atoms with Crippen molar-refractivity contribution < 1.29 is 9.59 Å². The van der Waals surface area contributed by atoms with Crippen LogP contribution in [0.3, 0.4) is 0 Å². The molecule has 0 saturated heterocycles. The smallest absolute Gasteiger partial charge is 0.243 e.